The van der Waals surface area contributed by atoms with Crippen LogP contribution in [0.4, 0.5) is 22.5 Å². The van der Waals surface area contributed by atoms with Crippen LogP contribution in [0, 0.1) is 20.8 Å². The number of aryl methyl sites for hydroxylation is 3. The van der Waals surface area contributed by atoms with Gasteiger partial charge in [-0.15, -0.1) is 0 Å². The van der Waals surface area contributed by atoms with Gasteiger partial charge in [0, 0.05) is 31.4 Å². The predicted octanol–water partition coefficient (Wildman–Crippen LogP) is 2.85. The first-order chi connectivity index (χ1) is 15.0. The van der Waals surface area contributed by atoms with Crippen molar-refractivity contribution in [3.05, 3.63) is 52.3 Å². The summed E-state index contributed by atoms with van der Waals surface area (Å²) in [5.74, 6) is 1.69. The molecule has 3 rings (SSSR count). The molecule has 0 aliphatic rings. The molecule has 2 heterocycles. The number of hydrogen-bond donors (Lipinski definition) is 5. The monoisotopic (exact) mass is 441 g/mol. The molecule has 0 radical (unpaired) electrons. The number of carbonyl (C=O) groups is 1. The maximum Gasteiger partial charge on any atom is 0.267 e. The smallest absolute Gasteiger partial charge is 0.267 e. The number of aromatic nitrogens is 3. The van der Waals surface area contributed by atoms with Gasteiger partial charge in [0.15, 0.2) is 5.13 Å². The van der Waals surface area contributed by atoms with E-state index >= 15 is 0 Å². The Bertz CT molecular complexity index is 1020. The van der Waals surface area contributed by atoms with Crippen LogP contribution < -0.4 is 21.3 Å². The molecule has 10 heteroatoms. The molecular formula is C21H27N7O2S. The van der Waals surface area contributed by atoms with Crippen LogP contribution in [0.3, 0.4) is 0 Å². The Morgan fingerprint density at radius 2 is 1.81 bits per heavy atom. The fraction of sp³-hybridized carbons (Fsp3) is 0.333. The number of nitrogens with one attached hydrogen (secondary N) is 4. The van der Waals surface area contributed by atoms with E-state index in [9.17, 15) is 4.79 Å². The van der Waals surface area contributed by atoms with Crippen LogP contribution in [0.5, 0.6) is 0 Å². The number of carbonyl (C=O) groups excluding carboxylic acids is 1. The second kappa shape index (κ2) is 10.8. The zero-order chi connectivity index (χ0) is 22.2. The molecule has 3 aromatic rings. The molecule has 31 heavy (non-hydrogen) atoms. The van der Waals surface area contributed by atoms with Gasteiger partial charge in [-0.1, -0.05) is 29.5 Å². The summed E-state index contributed by atoms with van der Waals surface area (Å²) in [7, 11) is 0. The summed E-state index contributed by atoms with van der Waals surface area (Å²) in [6.07, 6.45) is 1.55. The highest BCUT2D eigenvalue weighted by Gasteiger charge is 2.14. The summed E-state index contributed by atoms with van der Waals surface area (Å²) in [6, 6.07) is 7.69. The molecule has 5 N–H and O–H groups in total. The average molecular weight is 442 g/mol. The Balaban J connectivity index is 1.63. The Hall–Kier alpha value is -3.08. The number of benzene rings is 1. The summed E-state index contributed by atoms with van der Waals surface area (Å²) in [6.45, 7) is 7.78. The Morgan fingerprint density at radius 3 is 2.55 bits per heavy atom. The molecule has 164 valence electrons. The predicted molar refractivity (Wildman–Crippen MR) is 124 cm³/mol. The molecular weight excluding hydrogens is 414 g/mol. The van der Waals surface area contributed by atoms with E-state index in [0.717, 1.165) is 16.8 Å². The summed E-state index contributed by atoms with van der Waals surface area (Å²) in [5, 5.41) is 21.8. The summed E-state index contributed by atoms with van der Waals surface area (Å²) < 4.78 is 0. The van der Waals surface area contributed by atoms with Crippen molar-refractivity contribution in [1.29, 1.82) is 0 Å². The van der Waals surface area contributed by atoms with Crippen molar-refractivity contribution in [2.24, 2.45) is 0 Å². The lowest BCUT2D eigenvalue weighted by atomic mass is 10.1. The normalized spacial score (nSPS) is 10.7. The highest BCUT2D eigenvalue weighted by molar-refractivity contribution is 7.17. The summed E-state index contributed by atoms with van der Waals surface area (Å²) in [4.78, 5) is 26.2. The summed E-state index contributed by atoms with van der Waals surface area (Å²) >= 11 is 1.26. The van der Waals surface area contributed by atoms with Crippen molar-refractivity contribution in [2.45, 2.75) is 20.8 Å². The third-order valence-corrected chi connectivity index (χ3v) is 5.33. The minimum Gasteiger partial charge on any atom is -0.395 e. The van der Waals surface area contributed by atoms with Gasteiger partial charge in [-0.05, 0) is 31.9 Å². The number of amides is 1. The Kier molecular flexibility index (Phi) is 7.88. The van der Waals surface area contributed by atoms with E-state index in [1.165, 1.54) is 11.3 Å². The van der Waals surface area contributed by atoms with E-state index in [4.69, 9.17) is 5.11 Å². The zero-order valence-corrected chi connectivity index (χ0v) is 18.6. The number of aliphatic hydroxyl groups excluding tert-OH is 1. The van der Waals surface area contributed by atoms with Gasteiger partial charge in [0.25, 0.3) is 5.91 Å². The largest absolute Gasteiger partial charge is 0.395 e. The maximum atomic E-state index is 12.7. The lowest BCUT2D eigenvalue weighted by Crippen LogP contribution is -2.25. The molecule has 9 nitrogen and oxygen atoms in total. The number of nitrogens with zero attached hydrogens (tertiary/aromatic N) is 3. The second-order valence-corrected chi connectivity index (χ2v) is 7.99. The van der Waals surface area contributed by atoms with Crippen molar-refractivity contribution in [3.63, 3.8) is 0 Å². The van der Waals surface area contributed by atoms with Crippen molar-refractivity contribution in [3.8, 4) is 0 Å². The number of thiazole rings is 1. The number of rotatable bonds is 10. The van der Waals surface area contributed by atoms with Gasteiger partial charge in [-0.3, -0.25) is 4.79 Å². The van der Waals surface area contributed by atoms with Gasteiger partial charge >= 0.3 is 0 Å². The van der Waals surface area contributed by atoms with Gasteiger partial charge < -0.3 is 26.4 Å². The van der Waals surface area contributed by atoms with Crippen LogP contribution in [0.2, 0.25) is 0 Å². The van der Waals surface area contributed by atoms with Gasteiger partial charge in [0.05, 0.1) is 12.8 Å². The van der Waals surface area contributed by atoms with Crippen LogP contribution in [-0.4, -0.2) is 52.2 Å². The Morgan fingerprint density at radius 1 is 1.06 bits per heavy atom. The van der Waals surface area contributed by atoms with Gasteiger partial charge in [0.1, 0.15) is 22.3 Å². The van der Waals surface area contributed by atoms with E-state index in [1.807, 2.05) is 39.0 Å². The van der Waals surface area contributed by atoms with Gasteiger partial charge in [0.2, 0.25) is 0 Å². The first-order valence-corrected chi connectivity index (χ1v) is 10.8. The van der Waals surface area contributed by atoms with Crippen molar-refractivity contribution in [1.82, 2.24) is 20.3 Å². The van der Waals surface area contributed by atoms with Gasteiger partial charge in [-0.25, -0.2) is 15.0 Å². The molecule has 0 bridgehead atoms. The third kappa shape index (κ3) is 6.45. The number of aliphatic hydroxyl groups is 1. The quantitative estimate of drug-likeness (QED) is 0.304. The van der Waals surface area contributed by atoms with Crippen LogP contribution in [-0.2, 0) is 0 Å². The standard InChI is InChI=1S/C21H27N7O2S/c1-13-5-4-6-14(2)19(13)28-20(30)16-12-24-21(31-16)27-18-11-17(25-15(3)26-18)23-8-7-22-9-10-29/h4-6,11-12,22,29H,7-10H2,1-3H3,(H,28,30)(H2,23,24,25,26,27). The molecule has 0 saturated carbocycles. The van der Waals surface area contributed by atoms with Crippen molar-refractivity contribution in [2.75, 3.05) is 42.2 Å². The first kappa shape index (κ1) is 22.6. The average Bonchev–Trinajstić information content (AvgIpc) is 3.19. The van der Waals surface area contributed by atoms with Crippen molar-refractivity contribution < 1.29 is 9.90 Å². The van der Waals surface area contributed by atoms with Crippen molar-refractivity contribution >= 4 is 39.7 Å². The molecule has 0 fully saturated rings. The van der Waals surface area contributed by atoms with E-state index in [1.54, 1.807) is 12.3 Å². The fourth-order valence-electron chi connectivity index (χ4n) is 2.94. The van der Waals surface area contributed by atoms with E-state index < -0.39 is 0 Å². The lowest BCUT2D eigenvalue weighted by Gasteiger charge is -2.10. The molecule has 0 unspecified atom stereocenters. The molecule has 0 saturated heterocycles. The maximum absolute atomic E-state index is 12.7. The molecule has 0 aliphatic heterocycles. The molecule has 2 aromatic heterocycles. The first-order valence-electron chi connectivity index (χ1n) is 9.98. The van der Waals surface area contributed by atoms with Gasteiger partial charge in [-0.2, -0.15) is 0 Å². The third-order valence-electron chi connectivity index (χ3n) is 4.42. The summed E-state index contributed by atoms with van der Waals surface area (Å²) in [5.41, 5.74) is 2.85. The van der Waals surface area contributed by atoms with E-state index in [-0.39, 0.29) is 12.5 Å². The highest BCUT2D eigenvalue weighted by atomic mass is 32.1. The second-order valence-electron chi connectivity index (χ2n) is 6.96. The van der Waals surface area contributed by atoms with Crippen LogP contribution >= 0.6 is 11.3 Å². The minimum absolute atomic E-state index is 0.110. The molecule has 1 aromatic carbocycles. The van der Waals surface area contributed by atoms with Crippen LogP contribution in [0.15, 0.2) is 30.5 Å². The topological polar surface area (TPSA) is 124 Å². The number of anilines is 4. The minimum atomic E-state index is -0.195. The van der Waals surface area contributed by atoms with Crippen LogP contribution in [0.1, 0.15) is 26.6 Å². The molecule has 0 spiro atoms. The van der Waals surface area contributed by atoms with E-state index in [2.05, 4.69) is 36.2 Å². The number of para-hydroxylation sites is 1. The molecule has 0 atom stereocenters. The highest BCUT2D eigenvalue weighted by Crippen LogP contribution is 2.25. The van der Waals surface area contributed by atoms with E-state index in [0.29, 0.717) is 47.1 Å². The lowest BCUT2D eigenvalue weighted by molar-refractivity contribution is 0.103. The van der Waals surface area contributed by atoms with Crippen LogP contribution in [0.25, 0.3) is 0 Å². The SMILES string of the molecule is Cc1nc(NCCNCCO)cc(Nc2ncc(C(=O)Nc3c(C)cccc3C)s2)n1. The molecule has 1 amide bonds. The zero-order valence-electron chi connectivity index (χ0n) is 17.8. The fourth-order valence-corrected chi connectivity index (χ4v) is 3.66. The Labute approximate surface area is 185 Å². The molecule has 0 aliphatic carbocycles. The number of hydrogen-bond acceptors (Lipinski definition) is 9.